The Hall–Kier alpha value is -1.43. The van der Waals surface area contributed by atoms with Crippen LogP contribution >= 0.6 is 15.9 Å². The number of nitrogens with one attached hydrogen (secondary N) is 1. The van der Waals surface area contributed by atoms with Gasteiger partial charge >= 0.3 is 6.09 Å². The molecule has 5 nitrogen and oxygen atoms in total. The van der Waals surface area contributed by atoms with Gasteiger partial charge in [0.1, 0.15) is 0 Å². The predicted octanol–water partition coefficient (Wildman–Crippen LogP) is 2.33. The Balaban J connectivity index is 2.36. The highest BCUT2D eigenvalue weighted by Crippen LogP contribution is 2.38. The number of rotatable bonds is 2. The third-order valence-corrected chi connectivity index (χ3v) is 3.05. The summed E-state index contributed by atoms with van der Waals surface area (Å²) in [5.74, 6) is 0.415. The van der Waals surface area contributed by atoms with Gasteiger partial charge in [-0.2, -0.15) is 0 Å². The molecule has 0 bridgehead atoms. The molecule has 1 heterocycles. The summed E-state index contributed by atoms with van der Waals surface area (Å²) in [5, 5.41) is 12.7. The smallest absolute Gasteiger partial charge is 0.407 e. The van der Waals surface area contributed by atoms with Gasteiger partial charge in [0.25, 0.3) is 0 Å². The molecule has 92 valence electrons. The number of hydrogen-bond acceptors (Lipinski definition) is 4. The number of alkyl carbamates (subject to hydrolysis) is 1. The summed E-state index contributed by atoms with van der Waals surface area (Å²) in [6, 6.07) is 3.16. The van der Waals surface area contributed by atoms with Crippen molar-refractivity contribution in [3.63, 3.8) is 0 Å². The minimum absolute atomic E-state index is 0.0444. The molecular weight excluding hydrogens is 290 g/mol. The first kappa shape index (κ1) is 12.0. The summed E-state index contributed by atoms with van der Waals surface area (Å²) in [4.78, 5) is 11.1. The Morgan fingerprint density at radius 3 is 3.00 bits per heavy atom. The Morgan fingerprint density at radius 1 is 1.59 bits per heavy atom. The fourth-order valence-electron chi connectivity index (χ4n) is 1.77. The molecule has 1 atom stereocenters. The van der Waals surface area contributed by atoms with Crippen LogP contribution in [0.2, 0.25) is 0 Å². The molecule has 0 spiro atoms. The molecule has 1 amide bonds. The molecule has 1 saturated heterocycles. The van der Waals surface area contributed by atoms with E-state index in [1.54, 1.807) is 12.1 Å². The van der Waals surface area contributed by atoms with E-state index < -0.39 is 6.09 Å². The van der Waals surface area contributed by atoms with Crippen molar-refractivity contribution in [2.45, 2.75) is 12.5 Å². The number of halogens is 1. The molecule has 1 aromatic rings. The van der Waals surface area contributed by atoms with Gasteiger partial charge in [-0.3, -0.25) is 0 Å². The molecule has 1 aromatic carbocycles. The first-order chi connectivity index (χ1) is 8.11. The quantitative estimate of drug-likeness (QED) is 0.880. The van der Waals surface area contributed by atoms with E-state index in [-0.39, 0.29) is 11.8 Å². The molecule has 0 unspecified atom stereocenters. The number of aromatic hydroxyl groups is 1. The molecular formula is C11H12BrNO4. The Kier molecular flexibility index (Phi) is 3.42. The lowest BCUT2D eigenvalue weighted by Gasteiger charge is -2.25. The SMILES string of the molecule is COc1cc(Br)cc([C@@H]2CCOC(=O)N2)c1O. The van der Waals surface area contributed by atoms with Crippen molar-refractivity contribution in [2.24, 2.45) is 0 Å². The number of carbonyl (C=O) groups excluding carboxylic acids is 1. The predicted molar refractivity (Wildman–Crippen MR) is 64.2 cm³/mol. The molecule has 2 rings (SSSR count). The van der Waals surface area contributed by atoms with Gasteiger partial charge in [0.05, 0.1) is 19.8 Å². The van der Waals surface area contributed by atoms with Gasteiger partial charge in [0.15, 0.2) is 11.5 Å². The number of ether oxygens (including phenoxy) is 2. The summed E-state index contributed by atoms with van der Waals surface area (Å²) < 4.78 is 10.6. The molecule has 1 aliphatic heterocycles. The van der Waals surface area contributed by atoms with Crippen LogP contribution in [0.3, 0.4) is 0 Å². The average Bonchev–Trinajstić information content (AvgIpc) is 2.31. The van der Waals surface area contributed by atoms with E-state index in [0.717, 1.165) is 4.47 Å². The highest BCUT2D eigenvalue weighted by atomic mass is 79.9. The van der Waals surface area contributed by atoms with Gasteiger partial charge in [-0.1, -0.05) is 15.9 Å². The van der Waals surface area contributed by atoms with E-state index in [2.05, 4.69) is 21.2 Å². The van der Waals surface area contributed by atoms with E-state index in [4.69, 9.17) is 9.47 Å². The van der Waals surface area contributed by atoms with Crippen molar-refractivity contribution in [1.29, 1.82) is 0 Å². The van der Waals surface area contributed by atoms with Crippen LogP contribution in [0.15, 0.2) is 16.6 Å². The van der Waals surface area contributed by atoms with Crippen molar-refractivity contribution >= 4 is 22.0 Å². The van der Waals surface area contributed by atoms with Gasteiger partial charge < -0.3 is 19.9 Å². The number of cyclic esters (lactones) is 1. The zero-order valence-electron chi connectivity index (χ0n) is 9.20. The lowest BCUT2D eigenvalue weighted by Crippen LogP contribution is -2.35. The Labute approximate surface area is 107 Å². The number of phenols is 1. The number of amides is 1. The highest BCUT2D eigenvalue weighted by molar-refractivity contribution is 9.10. The van der Waals surface area contributed by atoms with Crippen LogP contribution in [-0.4, -0.2) is 24.9 Å². The molecule has 17 heavy (non-hydrogen) atoms. The number of phenolic OH excluding ortho intramolecular Hbond substituents is 1. The second kappa shape index (κ2) is 4.83. The molecule has 0 aromatic heterocycles. The molecule has 0 saturated carbocycles. The first-order valence-corrected chi connectivity index (χ1v) is 5.91. The van der Waals surface area contributed by atoms with E-state index >= 15 is 0 Å². The van der Waals surface area contributed by atoms with Gasteiger partial charge in [0.2, 0.25) is 0 Å². The largest absolute Gasteiger partial charge is 0.504 e. The standard InChI is InChI=1S/C11H12BrNO4/c1-16-9-5-6(12)4-7(10(9)14)8-2-3-17-11(15)13-8/h4-5,8,14H,2-3H2,1H3,(H,13,15)/t8-/m0/s1. The van der Waals surface area contributed by atoms with Crippen molar-refractivity contribution in [3.8, 4) is 11.5 Å². The van der Waals surface area contributed by atoms with Crippen LogP contribution in [0, 0.1) is 0 Å². The molecule has 1 aliphatic rings. The van der Waals surface area contributed by atoms with Crippen LogP contribution < -0.4 is 10.1 Å². The average molecular weight is 302 g/mol. The monoisotopic (exact) mass is 301 g/mol. The number of benzene rings is 1. The van der Waals surface area contributed by atoms with Crippen LogP contribution in [0.1, 0.15) is 18.0 Å². The van der Waals surface area contributed by atoms with E-state index in [1.807, 2.05) is 0 Å². The molecule has 1 fully saturated rings. The zero-order chi connectivity index (χ0) is 12.4. The minimum Gasteiger partial charge on any atom is -0.504 e. The topological polar surface area (TPSA) is 67.8 Å². The highest BCUT2D eigenvalue weighted by Gasteiger charge is 2.25. The van der Waals surface area contributed by atoms with E-state index in [0.29, 0.717) is 24.3 Å². The van der Waals surface area contributed by atoms with Crippen LogP contribution in [0.5, 0.6) is 11.5 Å². The van der Waals surface area contributed by atoms with Crippen LogP contribution in [-0.2, 0) is 4.74 Å². The summed E-state index contributed by atoms with van der Waals surface area (Å²) >= 11 is 3.33. The maximum atomic E-state index is 11.1. The third-order valence-electron chi connectivity index (χ3n) is 2.60. The van der Waals surface area contributed by atoms with Crippen LogP contribution in [0.4, 0.5) is 4.79 Å². The van der Waals surface area contributed by atoms with Gasteiger partial charge in [-0.15, -0.1) is 0 Å². The summed E-state index contributed by atoms with van der Waals surface area (Å²) in [6.07, 6.45) is 0.137. The third kappa shape index (κ3) is 2.46. The van der Waals surface area contributed by atoms with Gasteiger partial charge in [0, 0.05) is 16.5 Å². The zero-order valence-corrected chi connectivity index (χ0v) is 10.8. The second-order valence-electron chi connectivity index (χ2n) is 3.67. The summed E-state index contributed by atoms with van der Waals surface area (Å²) in [7, 11) is 1.48. The van der Waals surface area contributed by atoms with E-state index in [9.17, 15) is 9.90 Å². The molecule has 6 heteroatoms. The molecule has 0 aliphatic carbocycles. The fraction of sp³-hybridized carbons (Fsp3) is 0.364. The first-order valence-electron chi connectivity index (χ1n) is 5.11. The Bertz CT molecular complexity index is 449. The lowest BCUT2D eigenvalue weighted by molar-refractivity contribution is 0.115. The van der Waals surface area contributed by atoms with Gasteiger partial charge in [-0.25, -0.2) is 4.79 Å². The number of methoxy groups -OCH3 is 1. The molecule has 2 N–H and O–H groups in total. The second-order valence-corrected chi connectivity index (χ2v) is 4.58. The van der Waals surface area contributed by atoms with Gasteiger partial charge in [-0.05, 0) is 12.1 Å². The normalized spacial score (nSPS) is 19.4. The fourth-order valence-corrected chi connectivity index (χ4v) is 2.23. The maximum Gasteiger partial charge on any atom is 0.407 e. The van der Waals surface area contributed by atoms with Crippen molar-refractivity contribution in [2.75, 3.05) is 13.7 Å². The van der Waals surface area contributed by atoms with E-state index in [1.165, 1.54) is 7.11 Å². The number of hydrogen-bond donors (Lipinski definition) is 2. The number of carbonyl (C=O) groups is 1. The van der Waals surface area contributed by atoms with Crippen LogP contribution in [0.25, 0.3) is 0 Å². The van der Waals surface area contributed by atoms with Crippen molar-refractivity contribution < 1.29 is 19.4 Å². The maximum absolute atomic E-state index is 11.1. The van der Waals surface area contributed by atoms with Crippen molar-refractivity contribution in [3.05, 3.63) is 22.2 Å². The summed E-state index contributed by atoms with van der Waals surface area (Å²) in [6.45, 7) is 0.338. The van der Waals surface area contributed by atoms with Crippen molar-refractivity contribution in [1.82, 2.24) is 5.32 Å². The lowest BCUT2D eigenvalue weighted by atomic mass is 10.0. The molecule has 0 radical (unpaired) electrons. The minimum atomic E-state index is -0.473. The Morgan fingerprint density at radius 2 is 2.35 bits per heavy atom. The summed E-state index contributed by atoms with van der Waals surface area (Å²) in [5.41, 5.74) is 0.618.